The predicted octanol–water partition coefficient (Wildman–Crippen LogP) is 2.05. The molecule has 0 unspecified atom stereocenters. The Balaban J connectivity index is 2.03. The van der Waals surface area contributed by atoms with Gasteiger partial charge < -0.3 is 0 Å². The molecule has 0 fully saturated rings. The molecule has 0 saturated carbocycles. The largest absolute Gasteiger partial charge is 0.252 e. The van der Waals surface area contributed by atoms with E-state index in [1.165, 1.54) is 0 Å². The summed E-state index contributed by atoms with van der Waals surface area (Å²) in [6.45, 7) is 0.665. The zero-order valence-corrected chi connectivity index (χ0v) is 9.22. The molecular weight excluding hydrogens is 224 g/mol. The van der Waals surface area contributed by atoms with Crippen molar-refractivity contribution in [1.82, 2.24) is 14.8 Å². The van der Waals surface area contributed by atoms with Crippen LogP contribution in [0.1, 0.15) is 11.4 Å². The summed E-state index contributed by atoms with van der Waals surface area (Å²) in [6.07, 6.45) is 2.32. The van der Waals surface area contributed by atoms with Crippen LogP contribution in [-0.4, -0.2) is 14.8 Å². The summed E-state index contributed by atoms with van der Waals surface area (Å²) in [6, 6.07) is 9.57. The van der Waals surface area contributed by atoms with Gasteiger partial charge in [0.2, 0.25) is 0 Å². The van der Waals surface area contributed by atoms with Crippen LogP contribution in [0, 0.1) is 11.3 Å². The molecule has 80 valence electrons. The topological polar surface area (TPSA) is 54.5 Å². The highest BCUT2D eigenvalue weighted by Crippen LogP contribution is 2.15. The second-order valence-corrected chi connectivity index (χ2v) is 3.69. The first kappa shape index (κ1) is 10.7. The number of halogens is 1. The van der Waals surface area contributed by atoms with Crippen molar-refractivity contribution in [2.75, 3.05) is 0 Å². The molecule has 0 aliphatic rings. The van der Waals surface area contributed by atoms with E-state index in [0.717, 1.165) is 17.0 Å². The van der Waals surface area contributed by atoms with Crippen molar-refractivity contribution < 1.29 is 0 Å². The SMILES string of the molecule is N#Cc1ncn(CCc2ccccc2Cl)n1. The van der Waals surface area contributed by atoms with Gasteiger partial charge in [0.15, 0.2) is 0 Å². The van der Waals surface area contributed by atoms with Crippen LogP contribution in [0.3, 0.4) is 0 Å². The lowest BCUT2D eigenvalue weighted by Crippen LogP contribution is -2.02. The van der Waals surface area contributed by atoms with E-state index in [4.69, 9.17) is 16.9 Å². The van der Waals surface area contributed by atoms with E-state index in [9.17, 15) is 0 Å². The molecular formula is C11H9ClN4. The van der Waals surface area contributed by atoms with Crippen LogP contribution in [0.25, 0.3) is 0 Å². The first-order chi connectivity index (χ1) is 7.79. The second kappa shape index (κ2) is 4.77. The third-order valence-electron chi connectivity index (χ3n) is 2.20. The molecule has 0 saturated heterocycles. The maximum atomic E-state index is 8.57. The molecule has 2 rings (SSSR count). The van der Waals surface area contributed by atoms with Gasteiger partial charge in [0.05, 0.1) is 0 Å². The highest BCUT2D eigenvalue weighted by atomic mass is 35.5. The Morgan fingerprint density at radius 1 is 1.38 bits per heavy atom. The van der Waals surface area contributed by atoms with E-state index in [2.05, 4.69) is 10.1 Å². The third kappa shape index (κ3) is 2.38. The molecule has 16 heavy (non-hydrogen) atoms. The van der Waals surface area contributed by atoms with Gasteiger partial charge in [-0.3, -0.25) is 4.68 Å². The number of hydrogen-bond acceptors (Lipinski definition) is 3. The summed E-state index contributed by atoms with van der Waals surface area (Å²) in [4.78, 5) is 3.83. The van der Waals surface area contributed by atoms with Crippen LogP contribution in [0.2, 0.25) is 5.02 Å². The Hall–Kier alpha value is -1.86. The number of hydrogen-bond donors (Lipinski definition) is 0. The molecule has 0 N–H and O–H groups in total. The lowest BCUT2D eigenvalue weighted by Gasteiger charge is -2.03. The highest BCUT2D eigenvalue weighted by molar-refractivity contribution is 6.31. The van der Waals surface area contributed by atoms with Crippen LogP contribution >= 0.6 is 11.6 Å². The molecule has 4 nitrogen and oxygen atoms in total. The molecule has 0 bridgehead atoms. The van der Waals surface area contributed by atoms with Crippen molar-refractivity contribution in [2.45, 2.75) is 13.0 Å². The Labute approximate surface area is 98.1 Å². The predicted molar refractivity (Wildman–Crippen MR) is 59.9 cm³/mol. The van der Waals surface area contributed by atoms with Gasteiger partial charge in [-0.2, -0.15) is 5.26 Å². The van der Waals surface area contributed by atoms with Crippen molar-refractivity contribution in [1.29, 1.82) is 5.26 Å². The average molecular weight is 233 g/mol. The number of rotatable bonds is 3. The van der Waals surface area contributed by atoms with Crippen molar-refractivity contribution in [3.8, 4) is 6.07 Å². The van der Waals surface area contributed by atoms with Crippen LogP contribution in [-0.2, 0) is 13.0 Å². The van der Waals surface area contributed by atoms with Crippen molar-refractivity contribution in [3.63, 3.8) is 0 Å². The minimum absolute atomic E-state index is 0.194. The molecule has 5 heteroatoms. The number of aryl methyl sites for hydroxylation is 2. The summed E-state index contributed by atoms with van der Waals surface area (Å²) in [5, 5.41) is 13.3. The summed E-state index contributed by atoms with van der Waals surface area (Å²) in [5.41, 5.74) is 1.07. The van der Waals surface area contributed by atoms with Crippen molar-refractivity contribution in [2.24, 2.45) is 0 Å². The van der Waals surface area contributed by atoms with E-state index < -0.39 is 0 Å². The maximum absolute atomic E-state index is 8.57. The molecule has 0 aliphatic carbocycles. The average Bonchev–Trinajstić information content (AvgIpc) is 2.76. The Bertz CT molecular complexity index is 527. The van der Waals surface area contributed by atoms with E-state index in [1.807, 2.05) is 30.3 Å². The molecule has 2 aromatic rings. The number of nitrogens with zero attached hydrogens (tertiary/aromatic N) is 4. The Kier molecular flexibility index (Phi) is 3.18. The van der Waals surface area contributed by atoms with E-state index >= 15 is 0 Å². The Morgan fingerprint density at radius 2 is 2.19 bits per heavy atom. The maximum Gasteiger partial charge on any atom is 0.252 e. The minimum Gasteiger partial charge on any atom is -0.251 e. The smallest absolute Gasteiger partial charge is 0.251 e. The third-order valence-corrected chi connectivity index (χ3v) is 2.57. The van der Waals surface area contributed by atoms with Gasteiger partial charge in [-0.1, -0.05) is 29.8 Å². The van der Waals surface area contributed by atoms with Gasteiger partial charge in [-0.05, 0) is 18.1 Å². The second-order valence-electron chi connectivity index (χ2n) is 3.28. The van der Waals surface area contributed by atoms with Crippen molar-refractivity contribution >= 4 is 11.6 Å². The summed E-state index contributed by atoms with van der Waals surface area (Å²) >= 11 is 6.03. The lowest BCUT2D eigenvalue weighted by molar-refractivity contribution is 0.611. The fraction of sp³-hybridized carbons (Fsp3) is 0.182. The van der Waals surface area contributed by atoms with Gasteiger partial charge in [0, 0.05) is 11.6 Å². The van der Waals surface area contributed by atoms with Crippen LogP contribution in [0.15, 0.2) is 30.6 Å². The van der Waals surface area contributed by atoms with Gasteiger partial charge in [-0.25, -0.2) is 4.98 Å². The number of benzene rings is 1. The summed E-state index contributed by atoms with van der Waals surface area (Å²) in [7, 11) is 0. The molecule has 1 heterocycles. The standard InChI is InChI=1S/C11H9ClN4/c12-10-4-2-1-3-9(10)5-6-16-8-14-11(7-13)15-16/h1-4,8H,5-6H2. The van der Waals surface area contributed by atoms with Gasteiger partial charge in [0.25, 0.3) is 5.82 Å². The lowest BCUT2D eigenvalue weighted by atomic mass is 10.1. The van der Waals surface area contributed by atoms with Crippen molar-refractivity contribution in [3.05, 3.63) is 47.0 Å². The minimum atomic E-state index is 0.194. The number of nitriles is 1. The molecule has 0 radical (unpaired) electrons. The normalized spacial score (nSPS) is 10.0. The van der Waals surface area contributed by atoms with E-state index in [0.29, 0.717) is 6.54 Å². The molecule has 0 atom stereocenters. The van der Waals surface area contributed by atoms with Gasteiger partial charge >= 0.3 is 0 Å². The molecule has 1 aromatic heterocycles. The summed E-state index contributed by atoms with van der Waals surface area (Å²) < 4.78 is 1.64. The van der Waals surface area contributed by atoms with E-state index in [1.54, 1.807) is 11.0 Å². The molecule has 0 spiro atoms. The van der Waals surface area contributed by atoms with E-state index in [-0.39, 0.29) is 5.82 Å². The fourth-order valence-electron chi connectivity index (χ4n) is 1.39. The fourth-order valence-corrected chi connectivity index (χ4v) is 1.62. The quantitative estimate of drug-likeness (QED) is 0.814. The van der Waals surface area contributed by atoms with Crippen LogP contribution in [0.5, 0.6) is 0 Å². The monoisotopic (exact) mass is 232 g/mol. The first-order valence-electron chi connectivity index (χ1n) is 4.82. The zero-order valence-electron chi connectivity index (χ0n) is 8.47. The highest BCUT2D eigenvalue weighted by Gasteiger charge is 2.01. The molecule has 0 aliphatic heterocycles. The zero-order chi connectivity index (χ0) is 11.4. The summed E-state index contributed by atoms with van der Waals surface area (Å²) in [5.74, 6) is 0.194. The van der Waals surface area contributed by atoms with Crippen LogP contribution < -0.4 is 0 Å². The van der Waals surface area contributed by atoms with Crippen LogP contribution in [0.4, 0.5) is 0 Å². The van der Waals surface area contributed by atoms with Gasteiger partial charge in [-0.15, -0.1) is 5.10 Å². The van der Waals surface area contributed by atoms with Gasteiger partial charge in [0.1, 0.15) is 12.4 Å². The Morgan fingerprint density at radius 3 is 2.88 bits per heavy atom. The molecule has 0 amide bonds. The molecule has 1 aromatic carbocycles. The first-order valence-corrected chi connectivity index (χ1v) is 5.20. The number of aromatic nitrogens is 3.